The van der Waals surface area contributed by atoms with Gasteiger partial charge in [-0.1, -0.05) is 26.7 Å². The Kier molecular flexibility index (Phi) is 13.1. The number of hydrogen-bond acceptors (Lipinski definition) is 17. The Morgan fingerprint density at radius 1 is 1.11 bits per heavy atom. The SMILES string of the molecule is Cc1cn(C2C[C@@H](N=[N+]=[N-])C(COC(=O)OCCSSCCOC(=O)OCC3OC(n4ccc(N)nc4=O)CS3)O2)c(=O)[nH]c1=O. The van der Waals surface area contributed by atoms with Gasteiger partial charge in [0.1, 0.15) is 56.2 Å². The van der Waals surface area contributed by atoms with Gasteiger partial charge >= 0.3 is 23.7 Å². The second-order valence-corrected chi connectivity index (χ2v) is 13.4. The number of hydrogen-bond donors (Lipinski definition) is 2. The molecule has 2 fully saturated rings. The van der Waals surface area contributed by atoms with E-state index in [1.54, 1.807) is 0 Å². The molecule has 19 nitrogen and oxygen atoms in total. The van der Waals surface area contributed by atoms with Crippen molar-refractivity contribution in [3.05, 3.63) is 65.8 Å². The third-order valence-electron chi connectivity index (χ3n) is 6.31. The van der Waals surface area contributed by atoms with Gasteiger partial charge in [-0.2, -0.15) is 4.98 Å². The average Bonchev–Trinajstić information content (AvgIpc) is 3.65. The summed E-state index contributed by atoms with van der Waals surface area (Å²) in [5.41, 5.74) is 12.5. The number of carbonyl (C=O) groups is 2. The lowest BCUT2D eigenvalue weighted by Crippen LogP contribution is -2.33. The van der Waals surface area contributed by atoms with Crippen LogP contribution in [0.2, 0.25) is 0 Å². The predicted molar refractivity (Wildman–Crippen MR) is 166 cm³/mol. The van der Waals surface area contributed by atoms with Gasteiger partial charge in [0, 0.05) is 46.5 Å². The maximum absolute atomic E-state index is 12.2. The van der Waals surface area contributed by atoms with Crippen molar-refractivity contribution < 1.29 is 38.0 Å². The molecule has 4 heterocycles. The summed E-state index contributed by atoms with van der Waals surface area (Å²) < 4.78 is 34.2. The summed E-state index contributed by atoms with van der Waals surface area (Å²) in [6, 6.07) is 0.772. The number of anilines is 1. The fourth-order valence-electron chi connectivity index (χ4n) is 4.15. The molecule has 3 N–H and O–H groups in total. The van der Waals surface area contributed by atoms with Gasteiger partial charge in [0.05, 0.1) is 6.04 Å². The van der Waals surface area contributed by atoms with E-state index in [4.69, 9.17) is 39.7 Å². The number of thioether (sulfide) groups is 1. The Labute approximate surface area is 271 Å². The molecule has 2 aromatic rings. The molecule has 4 rings (SSSR count). The van der Waals surface area contributed by atoms with E-state index < -0.39 is 59.3 Å². The smallest absolute Gasteiger partial charge is 0.433 e. The van der Waals surface area contributed by atoms with E-state index in [9.17, 15) is 24.0 Å². The highest BCUT2D eigenvalue weighted by molar-refractivity contribution is 8.76. The Morgan fingerprint density at radius 2 is 1.80 bits per heavy atom. The number of aromatic nitrogens is 4. The number of ether oxygens (including phenoxy) is 6. The number of rotatable bonds is 14. The van der Waals surface area contributed by atoms with E-state index in [2.05, 4.69) is 20.0 Å². The molecule has 2 aliphatic rings. The summed E-state index contributed by atoms with van der Waals surface area (Å²) >= 11 is 1.38. The van der Waals surface area contributed by atoms with Crippen molar-refractivity contribution >= 4 is 51.5 Å². The fraction of sp³-hybridized carbons (Fsp3) is 0.583. The number of aromatic amines is 1. The Morgan fingerprint density at radius 3 is 2.48 bits per heavy atom. The highest BCUT2D eigenvalue weighted by Crippen LogP contribution is 2.32. The Hall–Kier alpha value is -3.82. The van der Waals surface area contributed by atoms with Crippen LogP contribution in [0.4, 0.5) is 15.4 Å². The van der Waals surface area contributed by atoms with Crippen molar-refractivity contribution in [2.24, 2.45) is 5.11 Å². The minimum absolute atomic E-state index is 0.0397. The topological polar surface area (TPSA) is 254 Å². The quantitative estimate of drug-likeness (QED) is 0.0712. The Bertz CT molecular complexity index is 1600. The van der Waals surface area contributed by atoms with Gasteiger partial charge in [-0.25, -0.2) is 19.2 Å². The summed E-state index contributed by atoms with van der Waals surface area (Å²) in [4.78, 5) is 68.3. The van der Waals surface area contributed by atoms with Crippen LogP contribution in [0.3, 0.4) is 0 Å². The van der Waals surface area contributed by atoms with E-state index in [0.717, 1.165) is 0 Å². The van der Waals surface area contributed by atoms with Gasteiger partial charge in [0.2, 0.25) is 0 Å². The molecule has 2 aromatic heterocycles. The molecule has 5 atom stereocenters. The number of H-pyrrole nitrogens is 1. The fourth-order valence-corrected chi connectivity index (χ4v) is 6.79. The van der Waals surface area contributed by atoms with Crippen LogP contribution in [0.25, 0.3) is 10.4 Å². The third-order valence-corrected chi connectivity index (χ3v) is 9.74. The van der Waals surface area contributed by atoms with E-state index >= 15 is 0 Å². The summed E-state index contributed by atoms with van der Waals surface area (Å²) in [7, 11) is 2.77. The first kappa shape index (κ1) is 35.0. The monoisotopic (exact) mass is 702 g/mol. The lowest BCUT2D eigenvalue weighted by Gasteiger charge is -2.16. The first-order valence-corrected chi connectivity index (χ1v) is 17.1. The summed E-state index contributed by atoms with van der Waals surface area (Å²) in [5, 5.41) is 3.67. The molecule has 2 saturated heterocycles. The van der Waals surface area contributed by atoms with E-state index in [1.807, 2.05) is 0 Å². The second-order valence-electron chi connectivity index (χ2n) is 9.47. The highest BCUT2D eigenvalue weighted by atomic mass is 33.1. The van der Waals surface area contributed by atoms with Gasteiger partial charge in [0.25, 0.3) is 5.56 Å². The zero-order valence-corrected chi connectivity index (χ0v) is 26.7. The third kappa shape index (κ3) is 10.1. The molecule has 0 radical (unpaired) electrons. The molecule has 250 valence electrons. The highest BCUT2D eigenvalue weighted by Gasteiger charge is 2.37. The average molecular weight is 703 g/mol. The molecular formula is C24H30N8O11S3. The zero-order chi connectivity index (χ0) is 33.1. The van der Waals surface area contributed by atoms with E-state index in [1.165, 1.54) is 67.9 Å². The van der Waals surface area contributed by atoms with Crippen molar-refractivity contribution in [1.29, 1.82) is 0 Å². The number of azide groups is 1. The predicted octanol–water partition coefficient (Wildman–Crippen LogP) is 1.93. The first-order chi connectivity index (χ1) is 22.1. The molecule has 46 heavy (non-hydrogen) atoms. The molecule has 0 aromatic carbocycles. The van der Waals surface area contributed by atoms with Gasteiger partial charge in [-0.15, -0.1) is 11.8 Å². The lowest BCUT2D eigenvalue weighted by molar-refractivity contribution is -0.0415. The molecule has 0 saturated carbocycles. The number of carbonyl (C=O) groups excluding carboxylic acids is 2. The van der Waals surface area contributed by atoms with Crippen LogP contribution in [-0.4, -0.2) is 92.7 Å². The van der Waals surface area contributed by atoms with Gasteiger partial charge in [-0.3, -0.25) is 18.9 Å². The van der Waals surface area contributed by atoms with Gasteiger partial charge in [0.15, 0.2) is 0 Å². The second kappa shape index (κ2) is 17.2. The Balaban J connectivity index is 1.03. The van der Waals surface area contributed by atoms with Crippen molar-refractivity contribution in [3.8, 4) is 0 Å². The lowest BCUT2D eigenvalue weighted by atomic mass is 10.1. The van der Waals surface area contributed by atoms with Gasteiger partial charge in [-0.05, 0) is 18.5 Å². The molecule has 0 bridgehead atoms. The van der Waals surface area contributed by atoms with Crippen molar-refractivity contribution in [1.82, 2.24) is 19.1 Å². The maximum Gasteiger partial charge on any atom is 0.508 e. The zero-order valence-electron chi connectivity index (χ0n) is 24.3. The minimum atomic E-state index is -0.951. The van der Waals surface area contributed by atoms with Crippen LogP contribution in [-0.2, 0) is 28.4 Å². The van der Waals surface area contributed by atoms with Crippen molar-refractivity contribution in [2.75, 3.05) is 49.4 Å². The number of nitrogens with two attached hydrogens (primary N) is 1. The molecule has 2 aliphatic heterocycles. The number of nitrogens with zero attached hydrogens (tertiary/aromatic N) is 6. The molecule has 22 heteroatoms. The van der Waals surface area contributed by atoms with Crippen LogP contribution in [0, 0.1) is 6.92 Å². The molecule has 0 aliphatic carbocycles. The first-order valence-electron chi connectivity index (χ1n) is 13.6. The van der Waals surface area contributed by atoms with Crippen LogP contribution in [0.5, 0.6) is 0 Å². The standard InChI is InChI=1S/C24H30N8O11S3/c1-13-9-32(22(35)28-20(13)33)17-8-14(29-30-26)15(42-17)10-40-23(36)38-4-6-45-46-7-5-39-24(37)41-11-19-43-18(12-44-19)31-3-2-16(25)27-21(31)34/h2-3,9,14-15,17-19H,4-8,10-12H2,1H3,(H2,25,27,34)(H,28,33,35)/t14-,15?,17?,18?,19?/m1/s1. The molecule has 4 unspecified atom stereocenters. The number of nitrogen functional groups attached to an aromatic ring is 1. The number of nitrogens with one attached hydrogen (secondary N) is 1. The summed E-state index contributed by atoms with van der Waals surface area (Å²) in [5.74, 6) is 1.46. The molecule has 0 amide bonds. The minimum Gasteiger partial charge on any atom is -0.433 e. The summed E-state index contributed by atoms with van der Waals surface area (Å²) in [6.45, 7) is 1.33. The molecule has 0 spiro atoms. The normalized spacial score (nSPS) is 22.2. The number of aryl methyl sites for hydroxylation is 1. The largest absolute Gasteiger partial charge is 0.508 e. The van der Waals surface area contributed by atoms with Crippen molar-refractivity contribution in [3.63, 3.8) is 0 Å². The van der Waals surface area contributed by atoms with Gasteiger partial charge < -0.3 is 34.2 Å². The molecular weight excluding hydrogens is 673 g/mol. The van der Waals surface area contributed by atoms with Crippen LogP contribution < -0.4 is 22.7 Å². The van der Waals surface area contributed by atoms with Crippen molar-refractivity contribution in [2.45, 2.75) is 43.4 Å². The summed E-state index contributed by atoms with van der Waals surface area (Å²) in [6.07, 6.45) is -1.03. The van der Waals surface area contributed by atoms with E-state index in [0.29, 0.717) is 22.8 Å². The maximum atomic E-state index is 12.2. The van der Waals surface area contributed by atoms with E-state index in [-0.39, 0.29) is 38.7 Å². The van der Waals surface area contributed by atoms with Crippen LogP contribution >= 0.6 is 33.3 Å². The van der Waals surface area contributed by atoms with Crippen LogP contribution in [0.1, 0.15) is 24.4 Å². The van der Waals surface area contributed by atoms with Crippen LogP contribution in [0.15, 0.2) is 38.0 Å².